The van der Waals surface area contributed by atoms with Crippen LogP contribution in [-0.4, -0.2) is 18.5 Å². The van der Waals surface area contributed by atoms with Crippen LogP contribution in [0.15, 0.2) is 22.7 Å². The highest BCUT2D eigenvalue weighted by Gasteiger charge is 2.33. The molecular weight excluding hydrogens is 367 g/mol. The number of unbranched alkanes of at least 4 members (excludes halogenated alkanes) is 1. The average molecular weight is 382 g/mol. The molecule has 1 rings (SSSR count). The van der Waals surface area contributed by atoms with Crippen LogP contribution in [-0.2, 0) is 11.0 Å². The van der Waals surface area contributed by atoms with Crippen LogP contribution < -0.4 is 16.4 Å². The molecule has 0 spiro atoms. The molecule has 0 aliphatic carbocycles. The number of amides is 3. The fourth-order valence-corrected chi connectivity index (χ4v) is 2.14. The number of alkyl halides is 3. The Hall–Kier alpha value is -1.77. The summed E-state index contributed by atoms with van der Waals surface area (Å²) in [5, 5.41) is 4.79. The van der Waals surface area contributed by atoms with Crippen molar-refractivity contribution in [2.45, 2.75) is 25.4 Å². The standard InChI is InChI=1S/C13H15BrF3N3O2/c14-10-5-4-8(7-9(10)13(15,16)17)20-11(21)3-1-2-6-19-12(18)22/h4-5,7H,1-3,6H2,(H,20,21)(H3,18,19,22). The number of nitrogens with one attached hydrogen (secondary N) is 2. The van der Waals surface area contributed by atoms with Gasteiger partial charge in [-0.2, -0.15) is 13.2 Å². The summed E-state index contributed by atoms with van der Waals surface area (Å²) in [4.78, 5) is 22.1. The van der Waals surface area contributed by atoms with Crippen LogP contribution in [0.25, 0.3) is 0 Å². The number of benzene rings is 1. The smallest absolute Gasteiger partial charge is 0.352 e. The number of primary amides is 1. The lowest BCUT2D eigenvalue weighted by atomic mass is 10.2. The van der Waals surface area contributed by atoms with Gasteiger partial charge in [0.1, 0.15) is 0 Å². The minimum atomic E-state index is -4.50. The summed E-state index contributed by atoms with van der Waals surface area (Å²) < 4.78 is 38.1. The van der Waals surface area contributed by atoms with Crippen molar-refractivity contribution in [1.82, 2.24) is 5.32 Å². The molecule has 0 bridgehead atoms. The molecule has 1 aromatic rings. The van der Waals surface area contributed by atoms with Gasteiger partial charge in [0, 0.05) is 23.1 Å². The van der Waals surface area contributed by atoms with Gasteiger partial charge in [0.25, 0.3) is 0 Å². The summed E-state index contributed by atoms with van der Waals surface area (Å²) in [6, 6.07) is 2.84. The highest BCUT2D eigenvalue weighted by atomic mass is 79.9. The summed E-state index contributed by atoms with van der Waals surface area (Å²) in [5.41, 5.74) is 4.10. The van der Waals surface area contributed by atoms with Crippen molar-refractivity contribution in [3.63, 3.8) is 0 Å². The number of carbonyl (C=O) groups excluding carboxylic acids is 2. The number of hydrogen-bond acceptors (Lipinski definition) is 2. The summed E-state index contributed by atoms with van der Waals surface area (Å²) in [6.45, 7) is 0.346. The number of hydrogen-bond donors (Lipinski definition) is 3. The van der Waals surface area contributed by atoms with Crippen molar-refractivity contribution >= 4 is 33.6 Å². The van der Waals surface area contributed by atoms with E-state index in [9.17, 15) is 22.8 Å². The van der Waals surface area contributed by atoms with Gasteiger partial charge in [0.2, 0.25) is 5.91 Å². The number of urea groups is 1. The van der Waals surface area contributed by atoms with Crippen molar-refractivity contribution in [3.05, 3.63) is 28.2 Å². The number of rotatable bonds is 6. The van der Waals surface area contributed by atoms with Crippen LogP contribution in [0.2, 0.25) is 0 Å². The lowest BCUT2D eigenvalue weighted by molar-refractivity contribution is -0.138. The van der Waals surface area contributed by atoms with Gasteiger partial charge in [0.15, 0.2) is 0 Å². The highest BCUT2D eigenvalue weighted by molar-refractivity contribution is 9.10. The van der Waals surface area contributed by atoms with Crippen LogP contribution in [0.3, 0.4) is 0 Å². The maximum absolute atomic E-state index is 12.7. The molecule has 1 aromatic carbocycles. The Balaban J connectivity index is 2.50. The van der Waals surface area contributed by atoms with E-state index in [1.807, 2.05) is 0 Å². The molecule has 0 heterocycles. The molecule has 5 nitrogen and oxygen atoms in total. The predicted octanol–water partition coefficient (Wildman–Crippen LogP) is 3.25. The minimum Gasteiger partial charge on any atom is -0.352 e. The van der Waals surface area contributed by atoms with Crippen molar-refractivity contribution in [2.75, 3.05) is 11.9 Å². The van der Waals surface area contributed by atoms with Crippen molar-refractivity contribution in [2.24, 2.45) is 5.73 Å². The van der Waals surface area contributed by atoms with E-state index in [0.717, 1.165) is 6.07 Å². The molecule has 0 unspecified atom stereocenters. The first-order valence-electron chi connectivity index (χ1n) is 6.40. The Bertz CT molecular complexity index is 550. The van der Waals surface area contributed by atoms with Gasteiger partial charge < -0.3 is 16.4 Å². The third-order valence-corrected chi connectivity index (χ3v) is 3.38. The van der Waals surface area contributed by atoms with Crippen LogP contribution in [0.4, 0.5) is 23.7 Å². The molecule has 0 saturated heterocycles. The SMILES string of the molecule is NC(=O)NCCCCC(=O)Nc1ccc(Br)c(C(F)(F)F)c1. The van der Waals surface area contributed by atoms with Crippen molar-refractivity contribution in [3.8, 4) is 0 Å². The maximum Gasteiger partial charge on any atom is 0.417 e. The Morgan fingerprint density at radius 1 is 1.23 bits per heavy atom. The summed E-state index contributed by atoms with van der Waals surface area (Å²) >= 11 is 2.83. The Morgan fingerprint density at radius 2 is 1.91 bits per heavy atom. The zero-order valence-electron chi connectivity index (χ0n) is 11.5. The molecule has 0 aliphatic heterocycles. The van der Waals surface area contributed by atoms with Gasteiger partial charge in [-0.25, -0.2) is 4.79 Å². The summed E-state index contributed by atoms with van der Waals surface area (Å²) in [5.74, 6) is -0.394. The zero-order valence-corrected chi connectivity index (χ0v) is 13.1. The number of carbonyl (C=O) groups is 2. The molecule has 0 aromatic heterocycles. The fraction of sp³-hybridized carbons (Fsp3) is 0.385. The van der Waals surface area contributed by atoms with Crippen LogP contribution in [0, 0.1) is 0 Å². The lowest BCUT2D eigenvalue weighted by Crippen LogP contribution is -2.30. The highest BCUT2D eigenvalue weighted by Crippen LogP contribution is 2.36. The van der Waals surface area contributed by atoms with E-state index in [-0.39, 0.29) is 16.6 Å². The predicted molar refractivity (Wildman–Crippen MR) is 79.2 cm³/mol. The van der Waals surface area contributed by atoms with E-state index in [1.165, 1.54) is 12.1 Å². The molecule has 0 fully saturated rings. The van der Waals surface area contributed by atoms with E-state index >= 15 is 0 Å². The van der Waals surface area contributed by atoms with Crippen LogP contribution in [0.1, 0.15) is 24.8 Å². The topological polar surface area (TPSA) is 84.2 Å². The largest absolute Gasteiger partial charge is 0.417 e. The Morgan fingerprint density at radius 3 is 2.50 bits per heavy atom. The number of anilines is 1. The normalized spacial score (nSPS) is 11.1. The maximum atomic E-state index is 12.7. The van der Waals surface area contributed by atoms with E-state index in [1.54, 1.807) is 0 Å². The van der Waals surface area contributed by atoms with Gasteiger partial charge >= 0.3 is 12.2 Å². The monoisotopic (exact) mass is 381 g/mol. The molecule has 122 valence electrons. The third-order valence-electron chi connectivity index (χ3n) is 2.69. The van der Waals surface area contributed by atoms with Gasteiger partial charge in [-0.15, -0.1) is 0 Å². The molecule has 0 saturated carbocycles. The quantitative estimate of drug-likeness (QED) is 0.660. The first kappa shape index (κ1) is 18.3. The first-order chi connectivity index (χ1) is 10.2. The second-order valence-electron chi connectivity index (χ2n) is 4.49. The van der Waals surface area contributed by atoms with Crippen LogP contribution in [0.5, 0.6) is 0 Å². The van der Waals surface area contributed by atoms with E-state index < -0.39 is 23.7 Å². The Kier molecular flexibility index (Phi) is 6.66. The van der Waals surface area contributed by atoms with Crippen molar-refractivity contribution < 1.29 is 22.8 Å². The number of nitrogens with two attached hydrogens (primary N) is 1. The van der Waals surface area contributed by atoms with Crippen molar-refractivity contribution in [1.29, 1.82) is 0 Å². The summed E-state index contributed by atoms with van der Waals surface area (Å²) in [6.07, 6.45) is -3.34. The molecule has 0 radical (unpaired) electrons. The minimum absolute atomic E-state index is 0.0794. The van der Waals surface area contributed by atoms with Gasteiger partial charge in [-0.05, 0) is 31.0 Å². The Labute approximate surface area is 133 Å². The molecular formula is C13H15BrF3N3O2. The lowest BCUT2D eigenvalue weighted by Gasteiger charge is -2.12. The summed E-state index contributed by atoms with van der Waals surface area (Å²) in [7, 11) is 0. The van der Waals surface area contributed by atoms with E-state index in [2.05, 4.69) is 26.6 Å². The second kappa shape index (κ2) is 8.02. The molecule has 3 amide bonds. The van der Waals surface area contributed by atoms with Crippen LogP contribution >= 0.6 is 15.9 Å². The molecule has 22 heavy (non-hydrogen) atoms. The van der Waals surface area contributed by atoms with Gasteiger partial charge in [-0.1, -0.05) is 15.9 Å². The fourth-order valence-electron chi connectivity index (χ4n) is 1.67. The third kappa shape index (κ3) is 6.33. The second-order valence-corrected chi connectivity index (χ2v) is 5.34. The van der Waals surface area contributed by atoms with Gasteiger partial charge in [-0.3, -0.25) is 4.79 Å². The number of halogens is 4. The zero-order chi connectivity index (χ0) is 16.8. The molecule has 0 atom stereocenters. The first-order valence-corrected chi connectivity index (χ1v) is 7.19. The van der Waals surface area contributed by atoms with E-state index in [4.69, 9.17) is 5.73 Å². The van der Waals surface area contributed by atoms with E-state index in [0.29, 0.717) is 19.4 Å². The molecule has 0 aliphatic rings. The average Bonchev–Trinajstić information content (AvgIpc) is 2.39. The molecule has 4 N–H and O–H groups in total. The molecule has 9 heteroatoms. The van der Waals surface area contributed by atoms with Gasteiger partial charge in [0.05, 0.1) is 5.56 Å².